The third-order valence-electron chi connectivity index (χ3n) is 4.26. The third kappa shape index (κ3) is 5.60. The molecular weight excluding hydrogens is 479 g/mol. The second-order valence-electron chi connectivity index (χ2n) is 6.67. The maximum Gasteiger partial charge on any atom is 0.263 e. The number of anilines is 3. The lowest BCUT2D eigenvalue weighted by molar-refractivity contribution is -0.116. The molecule has 13 heteroatoms. The lowest BCUT2D eigenvalue weighted by Crippen LogP contribution is -2.45. The number of amides is 1. The fraction of sp³-hybridized carbons (Fsp3) is 0.158. The molecule has 0 aliphatic rings. The minimum Gasteiger partial charge on any atom is -0.324 e. The molecule has 0 unspecified atom stereocenters. The van der Waals surface area contributed by atoms with Gasteiger partial charge in [0, 0.05) is 17.3 Å². The molecule has 0 bridgehead atoms. The SMILES string of the molecule is C[C@H](C(=O)Nc1ccc(S(=O)(=O)Nc2nccs2)cc1)N(c1ccc(F)cc1)S(C)(=O)=O. The Labute approximate surface area is 189 Å². The van der Waals surface area contributed by atoms with E-state index < -0.39 is 37.8 Å². The van der Waals surface area contributed by atoms with E-state index in [1.54, 1.807) is 5.38 Å². The van der Waals surface area contributed by atoms with E-state index in [-0.39, 0.29) is 21.4 Å². The van der Waals surface area contributed by atoms with E-state index >= 15 is 0 Å². The normalized spacial score (nSPS) is 12.7. The number of hydrogen-bond acceptors (Lipinski definition) is 7. The summed E-state index contributed by atoms with van der Waals surface area (Å²) in [5, 5.41) is 4.40. The average Bonchev–Trinajstić information content (AvgIpc) is 3.21. The Morgan fingerprint density at radius 2 is 1.69 bits per heavy atom. The van der Waals surface area contributed by atoms with E-state index in [9.17, 15) is 26.0 Å². The molecule has 3 aromatic rings. The molecule has 1 aromatic heterocycles. The largest absolute Gasteiger partial charge is 0.324 e. The Morgan fingerprint density at radius 1 is 1.06 bits per heavy atom. The molecule has 1 heterocycles. The van der Waals surface area contributed by atoms with Crippen LogP contribution in [0.3, 0.4) is 0 Å². The van der Waals surface area contributed by atoms with Gasteiger partial charge in [-0.2, -0.15) is 0 Å². The molecular formula is C19H19FN4O5S3. The Kier molecular flexibility index (Phi) is 6.81. The van der Waals surface area contributed by atoms with Gasteiger partial charge in [-0.25, -0.2) is 26.2 Å². The monoisotopic (exact) mass is 498 g/mol. The lowest BCUT2D eigenvalue weighted by atomic mass is 10.2. The number of nitrogens with one attached hydrogen (secondary N) is 2. The van der Waals surface area contributed by atoms with Gasteiger partial charge in [0.25, 0.3) is 10.0 Å². The summed E-state index contributed by atoms with van der Waals surface area (Å²) in [5.41, 5.74) is 0.397. The zero-order valence-electron chi connectivity index (χ0n) is 16.9. The van der Waals surface area contributed by atoms with Crippen LogP contribution in [-0.2, 0) is 24.8 Å². The minimum absolute atomic E-state index is 0.0391. The fourth-order valence-electron chi connectivity index (χ4n) is 2.81. The number of aromatic nitrogens is 1. The highest BCUT2D eigenvalue weighted by Gasteiger charge is 2.29. The molecule has 0 spiro atoms. The van der Waals surface area contributed by atoms with Gasteiger partial charge in [0.05, 0.1) is 16.8 Å². The van der Waals surface area contributed by atoms with Crippen LogP contribution in [0.4, 0.5) is 20.9 Å². The van der Waals surface area contributed by atoms with Crippen LogP contribution in [0.2, 0.25) is 0 Å². The molecule has 170 valence electrons. The first-order chi connectivity index (χ1) is 15.0. The van der Waals surface area contributed by atoms with Gasteiger partial charge < -0.3 is 5.32 Å². The van der Waals surface area contributed by atoms with Gasteiger partial charge in [-0.05, 0) is 55.5 Å². The van der Waals surface area contributed by atoms with Crippen molar-refractivity contribution < 1.29 is 26.0 Å². The highest BCUT2D eigenvalue weighted by Crippen LogP contribution is 2.23. The molecule has 0 saturated carbocycles. The van der Waals surface area contributed by atoms with E-state index in [0.717, 1.165) is 34.0 Å². The molecule has 2 N–H and O–H groups in total. The highest BCUT2D eigenvalue weighted by atomic mass is 32.2. The van der Waals surface area contributed by atoms with Gasteiger partial charge in [-0.15, -0.1) is 11.3 Å². The average molecular weight is 499 g/mol. The van der Waals surface area contributed by atoms with E-state index in [1.807, 2.05) is 0 Å². The highest BCUT2D eigenvalue weighted by molar-refractivity contribution is 7.93. The summed E-state index contributed by atoms with van der Waals surface area (Å²) in [6, 6.07) is 8.90. The smallest absolute Gasteiger partial charge is 0.263 e. The van der Waals surface area contributed by atoms with Gasteiger partial charge >= 0.3 is 0 Å². The Bertz CT molecular complexity index is 1290. The van der Waals surface area contributed by atoms with Crippen LogP contribution >= 0.6 is 11.3 Å². The summed E-state index contributed by atoms with van der Waals surface area (Å²) in [7, 11) is -7.71. The minimum atomic E-state index is -3.86. The third-order valence-corrected chi connectivity index (χ3v) is 7.67. The van der Waals surface area contributed by atoms with Crippen molar-refractivity contribution in [3.63, 3.8) is 0 Å². The number of rotatable bonds is 8. The van der Waals surface area contributed by atoms with Crippen molar-refractivity contribution in [2.45, 2.75) is 17.9 Å². The molecule has 0 saturated heterocycles. The molecule has 1 amide bonds. The van der Waals surface area contributed by atoms with Crippen LogP contribution in [0.25, 0.3) is 0 Å². The molecule has 3 rings (SSSR count). The van der Waals surface area contributed by atoms with Crippen LogP contribution in [0.5, 0.6) is 0 Å². The van der Waals surface area contributed by atoms with Crippen molar-refractivity contribution in [2.24, 2.45) is 0 Å². The van der Waals surface area contributed by atoms with Gasteiger partial charge in [-0.1, -0.05) is 0 Å². The number of thiazole rings is 1. The van der Waals surface area contributed by atoms with Crippen molar-refractivity contribution in [3.8, 4) is 0 Å². The Balaban J connectivity index is 1.76. The first-order valence-electron chi connectivity index (χ1n) is 9.05. The molecule has 2 aromatic carbocycles. The summed E-state index contributed by atoms with van der Waals surface area (Å²) in [6.07, 6.45) is 2.41. The summed E-state index contributed by atoms with van der Waals surface area (Å²) in [5.74, 6) is -1.20. The van der Waals surface area contributed by atoms with E-state index in [0.29, 0.717) is 0 Å². The zero-order chi connectivity index (χ0) is 23.5. The molecule has 0 aliphatic heterocycles. The number of halogens is 1. The van der Waals surface area contributed by atoms with Crippen LogP contribution in [0.15, 0.2) is 65.0 Å². The summed E-state index contributed by atoms with van der Waals surface area (Å²) < 4.78 is 65.8. The summed E-state index contributed by atoms with van der Waals surface area (Å²) in [6.45, 7) is 1.39. The number of nitrogens with zero attached hydrogens (tertiary/aromatic N) is 2. The second-order valence-corrected chi connectivity index (χ2v) is 11.1. The Morgan fingerprint density at radius 3 is 2.22 bits per heavy atom. The van der Waals surface area contributed by atoms with Crippen LogP contribution in [-0.4, -0.2) is 40.0 Å². The Hall–Kier alpha value is -3.03. The van der Waals surface area contributed by atoms with E-state index in [2.05, 4.69) is 15.0 Å². The first kappa shape index (κ1) is 23.6. The van der Waals surface area contributed by atoms with Crippen LogP contribution in [0.1, 0.15) is 6.92 Å². The predicted octanol–water partition coefficient (Wildman–Crippen LogP) is 2.88. The fourth-order valence-corrected chi connectivity index (χ4v) is 5.77. The van der Waals surface area contributed by atoms with Crippen molar-refractivity contribution >= 4 is 53.8 Å². The summed E-state index contributed by atoms with van der Waals surface area (Å²) >= 11 is 1.13. The van der Waals surface area contributed by atoms with Gasteiger partial charge in [-0.3, -0.25) is 13.8 Å². The maximum absolute atomic E-state index is 13.2. The number of carbonyl (C=O) groups is 1. The van der Waals surface area contributed by atoms with Crippen molar-refractivity contribution in [2.75, 3.05) is 20.6 Å². The van der Waals surface area contributed by atoms with Gasteiger partial charge in [0.1, 0.15) is 11.9 Å². The van der Waals surface area contributed by atoms with E-state index in [1.165, 1.54) is 49.5 Å². The van der Waals surface area contributed by atoms with Crippen molar-refractivity contribution in [1.82, 2.24) is 4.98 Å². The van der Waals surface area contributed by atoms with E-state index in [4.69, 9.17) is 0 Å². The number of sulfonamides is 2. The quantitative estimate of drug-likeness (QED) is 0.492. The molecule has 9 nitrogen and oxygen atoms in total. The molecule has 1 atom stereocenters. The van der Waals surface area contributed by atoms with Crippen molar-refractivity contribution in [1.29, 1.82) is 0 Å². The van der Waals surface area contributed by atoms with Crippen molar-refractivity contribution in [3.05, 3.63) is 65.9 Å². The molecule has 0 aliphatic carbocycles. The standard InChI is InChI=1S/C19H19FN4O5S3/c1-13(24(31(2,26)27)16-7-3-14(20)4-8-16)18(25)22-15-5-9-17(10-6-15)32(28,29)23-19-21-11-12-30-19/h3-13H,1-2H3,(H,21,23)(H,22,25)/t13-/m1/s1. The van der Waals surface area contributed by atoms with Gasteiger partial charge in [0.15, 0.2) is 5.13 Å². The summed E-state index contributed by atoms with van der Waals surface area (Å²) in [4.78, 5) is 16.5. The first-order valence-corrected chi connectivity index (χ1v) is 13.3. The number of carbonyl (C=O) groups excluding carboxylic acids is 1. The second kappa shape index (κ2) is 9.22. The van der Waals surface area contributed by atoms with Crippen LogP contribution < -0.4 is 14.3 Å². The molecule has 0 radical (unpaired) electrons. The predicted molar refractivity (Wildman–Crippen MR) is 121 cm³/mol. The number of hydrogen-bond donors (Lipinski definition) is 2. The molecule has 0 fully saturated rings. The topological polar surface area (TPSA) is 126 Å². The molecule has 32 heavy (non-hydrogen) atoms. The van der Waals surface area contributed by atoms with Gasteiger partial charge in [0.2, 0.25) is 15.9 Å². The maximum atomic E-state index is 13.2. The number of benzene rings is 2. The van der Waals surface area contributed by atoms with Crippen LogP contribution in [0, 0.1) is 5.82 Å². The zero-order valence-corrected chi connectivity index (χ0v) is 19.3. The lowest BCUT2D eigenvalue weighted by Gasteiger charge is -2.28.